The van der Waals surface area contributed by atoms with Gasteiger partial charge in [0, 0.05) is 29.7 Å². The largest absolute Gasteiger partial charge is 0.472 e. The number of likely N-dealkylation sites (N-methyl/N-ethyl adjacent to an activating group) is 1. The number of carbonyl (C=O) groups excluding carboxylic acids is 1. The van der Waals surface area contributed by atoms with Crippen molar-refractivity contribution in [1.82, 2.24) is 15.2 Å². The molecule has 0 radical (unpaired) electrons. The molecule has 0 aromatic carbocycles. The van der Waals surface area contributed by atoms with Crippen molar-refractivity contribution in [3.63, 3.8) is 0 Å². The average Bonchev–Trinajstić information content (AvgIpc) is 2.68. The van der Waals surface area contributed by atoms with Gasteiger partial charge in [-0.15, -0.1) is 0 Å². The molecule has 1 amide bonds. The Morgan fingerprint density at radius 3 is 2.53 bits per heavy atom. The Morgan fingerprint density at radius 2 is 1.97 bits per heavy atom. The lowest BCUT2D eigenvalue weighted by Crippen LogP contribution is -2.51. The van der Waals surface area contributed by atoms with Gasteiger partial charge in [0.15, 0.2) is 8.32 Å². The third-order valence-corrected chi connectivity index (χ3v) is 12.4. The second kappa shape index (κ2) is 10.6. The van der Waals surface area contributed by atoms with E-state index in [1.165, 1.54) is 0 Å². The summed E-state index contributed by atoms with van der Waals surface area (Å²) in [6.07, 6.45) is 1.60. The summed E-state index contributed by atoms with van der Waals surface area (Å²) in [4.78, 5) is 19.8. The lowest BCUT2D eigenvalue weighted by atomic mass is 10.0. The minimum Gasteiger partial charge on any atom is -0.472 e. The lowest BCUT2D eigenvalue weighted by Gasteiger charge is -2.40. The summed E-state index contributed by atoms with van der Waals surface area (Å²) in [5, 5.41) is 3.20. The number of hydrogen-bond acceptors (Lipinski definition) is 5. The summed E-state index contributed by atoms with van der Waals surface area (Å²) in [6.45, 7) is 17.4. The zero-order valence-corrected chi connectivity index (χ0v) is 22.2. The zero-order valence-electron chi connectivity index (χ0n) is 19.7. The van der Waals surface area contributed by atoms with Crippen LogP contribution in [0.15, 0.2) is 16.7 Å². The molecule has 1 N–H and O–H groups in total. The third-order valence-electron chi connectivity index (χ3n) is 6.56. The van der Waals surface area contributed by atoms with Gasteiger partial charge in [-0.1, -0.05) is 34.6 Å². The first kappa shape index (κ1) is 25.3. The topological polar surface area (TPSA) is 63.7 Å². The van der Waals surface area contributed by atoms with Crippen molar-refractivity contribution < 1.29 is 14.0 Å². The molecule has 0 saturated heterocycles. The van der Waals surface area contributed by atoms with E-state index in [1.807, 2.05) is 11.9 Å². The van der Waals surface area contributed by atoms with Crippen LogP contribution in [0.5, 0.6) is 5.88 Å². The Balaban J connectivity index is 2.32. The number of carbonyl (C=O) groups is 1. The number of aromatic nitrogens is 1. The maximum atomic E-state index is 13.5. The first-order valence-corrected chi connectivity index (χ1v) is 14.3. The predicted molar refractivity (Wildman–Crippen MR) is 128 cm³/mol. The molecule has 1 aromatic rings. The second-order valence-corrected chi connectivity index (χ2v) is 15.2. The van der Waals surface area contributed by atoms with E-state index in [0.717, 1.165) is 4.47 Å². The van der Waals surface area contributed by atoms with Gasteiger partial charge >= 0.3 is 0 Å². The molecule has 1 aromatic heterocycles. The first-order chi connectivity index (χ1) is 14.0. The third kappa shape index (κ3) is 5.63. The molecule has 2 heterocycles. The minimum atomic E-state index is -1.89. The van der Waals surface area contributed by atoms with Gasteiger partial charge in [0.1, 0.15) is 11.7 Å². The van der Waals surface area contributed by atoms with Gasteiger partial charge in [0.2, 0.25) is 5.88 Å². The standard InChI is InChI=1S/C22H38BrN3O3Si/c1-14(2)30(8,15(3)4)28-13-17(6)26-12-16(5)20(11-24-7)29-21-19(22(26)27)9-18(23)10-25-21/h9-10,14-17,20,24H,11-13H2,1-8H3. The van der Waals surface area contributed by atoms with E-state index < -0.39 is 8.32 Å². The highest BCUT2D eigenvalue weighted by Gasteiger charge is 2.39. The molecule has 3 unspecified atom stereocenters. The molecular formula is C22H38BrN3O3Si. The number of pyridine rings is 1. The number of nitrogens with one attached hydrogen (secondary N) is 1. The Labute approximate surface area is 191 Å². The van der Waals surface area contributed by atoms with Gasteiger partial charge in [-0.25, -0.2) is 4.98 Å². The molecule has 2 rings (SSSR count). The molecule has 0 bridgehead atoms. The van der Waals surface area contributed by atoms with Crippen molar-refractivity contribution >= 4 is 30.2 Å². The van der Waals surface area contributed by atoms with E-state index in [0.29, 0.717) is 42.2 Å². The van der Waals surface area contributed by atoms with E-state index in [1.54, 1.807) is 12.3 Å². The molecule has 1 aliphatic heterocycles. The van der Waals surface area contributed by atoms with Crippen molar-refractivity contribution in [3.8, 4) is 5.88 Å². The number of fused-ring (bicyclic) bond motifs is 1. The number of amides is 1. The van der Waals surface area contributed by atoms with E-state index in [2.05, 4.69) is 74.3 Å². The predicted octanol–water partition coefficient (Wildman–Crippen LogP) is 4.70. The number of nitrogens with zero attached hydrogens (tertiary/aromatic N) is 2. The van der Waals surface area contributed by atoms with Gasteiger partial charge in [-0.05, 0) is 53.6 Å². The van der Waals surface area contributed by atoms with Gasteiger partial charge in [-0.3, -0.25) is 4.79 Å². The van der Waals surface area contributed by atoms with Crippen LogP contribution in [-0.2, 0) is 4.43 Å². The highest BCUT2D eigenvalue weighted by molar-refractivity contribution is 9.10. The van der Waals surface area contributed by atoms with Crippen LogP contribution in [0.4, 0.5) is 0 Å². The lowest BCUT2D eigenvalue weighted by molar-refractivity contribution is 0.0412. The summed E-state index contributed by atoms with van der Waals surface area (Å²) in [7, 11) is 0.0188. The Bertz CT molecular complexity index is 724. The highest BCUT2D eigenvalue weighted by Crippen LogP contribution is 2.34. The SMILES string of the molecule is CNCC1Oc2ncc(Br)cc2C(=O)N(C(C)CO[Si](C)(C(C)C)C(C)C)CC1C. The quantitative estimate of drug-likeness (QED) is 0.524. The van der Waals surface area contributed by atoms with Crippen LogP contribution in [-0.4, -0.2) is 63.0 Å². The highest BCUT2D eigenvalue weighted by atomic mass is 79.9. The minimum absolute atomic E-state index is 0.0376. The summed E-state index contributed by atoms with van der Waals surface area (Å²) < 4.78 is 13.5. The first-order valence-electron chi connectivity index (χ1n) is 10.9. The Morgan fingerprint density at radius 1 is 1.33 bits per heavy atom. The molecule has 3 atom stereocenters. The van der Waals surface area contributed by atoms with Crippen molar-refractivity contribution in [2.24, 2.45) is 5.92 Å². The van der Waals surface area contributed by atoms with Crippen molar-refractivity contribution in [3.05, 3.63) is 22.3 Å². The molecule has 1 aliphatic rings. The summed E-state index contributed by atoms with van der Waals surface area (Å²) >= 11 is 3.45. The van der Waals surface area contributed by atoms with Crippen LogP contribution < -0.4 is 10.1 Å². The molecular weight excluding hydrogens is 462 g/mol. The van der Waals surface area contributed by atoms with Gasteiger partial charge < -0.3 is 19.4 Å². The molecule has 0 aliphatic carbocycles. The Hall–Kier alpha value is -0.963. The van der Waals surface area contributed by atoms with Crippen LogP contribution in [0, 0.1) is 5.92 Å². The molecule has 170 valence electrons. The van der Waals surface area contributed by atoms with Crippen LogP contribution in [0.3, 0.4) is 0 Å². The number of ether oxygens (including phenoxy) is 1. The van der Waals surface area contributed by atoms with Gasteiger partial charge in [0.05, 0.1) is 12.6 Å². The van der Waals surface area contributed by atoms with Crippen molar-refractivity contribution in [1.29, 1.82) is 0 Å². The maximum absolute atomic E-state index is 13.5. The maximum Gasteiger partial charge on any atom is 0.259 e. The van der Waals surface area contributed by atoms with Crippen molar-refractivity contribution in [2.45, 2.75) is 71.3 Å². The molecule has 0 fully saturated rings. The molecule has 6 nitrogen and oxygen atoms in total. The summed E-state index contributed by atoms with van der Waals surface area (Å²) in [5.41, 5.74) is 1.53. The number of hydrogen-bond donors (Lipinski definition) is 1. The van der Waals surface area contributed by atoms with Crippen LogP contribution in [0.2, 0.25) is 17.6 Å². The smallest absolute Gasteiger partial charge is 0.259 e. The fraction of sp³-hybridized carbons (Fsp3) is 0.727. The fourth-order valence-corrected chi connectivity index (χ4v) is 6.74. The van der Waals surface area contributed by atoms with E-state index in [9.17, 15) is 4.79 Å². The average molecular weight is 501 g/mol. The molecule has 0 saturated carbocycles. The number of halogens is 1. The Kier molecular flexibility index (Phi) is 8.91. The monoisotopic (exact) mass is 499 g/mol. The van der Waals surface area contributed by atoms with E-state index in [-0.39, 0.29) is 24.0 Å². The number of rotatable bonds is 8. The van der Waals surface area contributed by atoms with Crippen LogP contribution >= 0.6 is 15.9 Å². The zero-order chi connectivity index (χ0) is 22.6. The van der Waals surface area contributed by atoms with Gasteiger partial charge in [-0.2, -0.15) is 0 Å². The molecule has 0 spiro atoms. The van der Waals surface area contributed by atoms with Crippen LogP contribution in [0.25, 0.3) is 0 Å². The summed E-state index contributed by atoms with van der Waals surface area (Å²) in [5.74, 6) is 0.500. The van der Waals surface area contributed by atoms with Crippen molar-refractivity contribution in [2.75, 3.05) is 26.7 Å². The van der Waals surface area contributed by atoms with E-state index in [4.69, 9.17) is 9.16 Å². The fourth-order valence-electron chi connectivity index (χ4n) is 3.81. The molecule has 8 heteroatoms. The normalized spacial score (nSPS) is 21.3. The van der Waals surface area contributed by atoms with Crippen LogP contribution in [0.1, 0.15) is 51.9 Å². The second-order valence-electron chi connectivity index (χ2n) is 9.31. The molecule has 30 heavy (non-hydrogen) atoms. The van der Waals surface area contributed by atoms with Gasteiger partial charge in [0.25, 0.3) is 5.91 Å². The van der Waals surface area contributed by atoms with E-state index >= 15 is 0 Å². The summed E-state index contributed by atoms with van der Waals surface area (Å²) in [6, 6.07) is 1.77.